The van der Waals surface area contributed by atoms with Crippen LogP contribution in [0.2, 0.25) is 0 Å². The molecule has 2 N–H and O–H groups in total. The summed E-state index contributed by atoms with van der Waals surface area (Å²) in [6.45, 7) is 3.24. The van der Waals surface area contributed by atoms with E-state index in [-0.39, 0.29) is 0 Å². The first-order valence-electron chi connectivity index (χ1n) is 6.32. The number of hydrogen-bond acceptors (Lipinski definition) is 3. The van der Waals surface area contributed by atoms with Gasteiger partial charge in [-0.15, -0.1) is 0 Å². The van der Waals surface area contributed by atoms with Crippen LogP contribution < -0.4 is 5.73 Å². The van der Waals surface area contributed by atoms with Crippen LogP contribution in [0.4, 0.5) is 0 Å². The van der Waals surface area contributed by atoms with E-state index in [0.29, 0.717) is 12.1 Å². The summed E-state index contributed by atoms with van der Waals surface area (Å²) in [4.78, 5) is 6.98. The maximum Gasteiger partial charge on any atom is 0.122 e. The van der Waals surface area contributed by atoms with Crippen LogP contribution in [0.25, 0.3) is 0 Å². The van der Waals surface area contributed by atoms with E-state index in [1.54, 1.807) is 0 Å². The Kier molecular flexibility index (Phi) is 2.69. The lowest BCUT2D eigenvalue weighted by Gasteiger charge is -2.38. The summed E-state index contributed by atoms with van der Waals surface area (Å²) in [5.41, 5.74) is 6.06. The summed E-state index contributed by atoms with van der Waals surface area (Å²) in [5.74, 6) is 1.21. The minimum Gasteiger partial charge on any atom is -0.333 e. The number of aromatic nitrogens is 2. The van der Waals surface area contributed by atoms with Crippen molar-refractivity contribution in [3.63, 3.8) is 0 Å². The van der Waals surface area contributed by atoms with E-state index in [2.05, 4.69) is 20.6 Å². The van der Waals surface area contributed by atoms with Crippen molar-refractivity contribution in [2.45, 2.75) is 50.9 Å². The maximum absolute atomic E-state index is 6.06. The van der Waals surface area contributed by atoms with Gasteiger partial charge in [-0.2, -0.15) is 0 Å². The first kappa shape index (κ1) is 10.3. The van der Waals surface area contributed by atoms with Gasteiger partial charge in [-0.1, -0.05) is 6.42 Å². The van der Waals surface area contributed by atoms with Crippen molar-refractivity contribution in [1.82, 2.24) is 14.5 Å². The van der Waals surface area contributed by atoms with Gasteiger partial charge in [0.15, 0.2) is 0 Å². The fraction of sp³-hybridized carbons (Fsp3) is 0.750. The second-order valence-corrected chi connectivity index (χ2v) is 5.09. The van der Waals surface area contributed by atoms with Gasteiger partial charge in [-0.25, -0.2) is 4.98 Å². The number of rotatable bonds is 1. The Hall–Kier alpha value is -0.870. The number of nitrogens with zero attached hydrogens (tertiary/aromatic N) is 3. The molecular weight excluding hydrogens is 200 g/mol. The molecule has 1 fully saturated rings. The van der Waals surface area contributed by atoms with E-state index in [4.69, 9.17) is 5.73 Å². The zero-order chi connectivity index (χ0) is 11.0. The average Bonchev–Trinajstić information content (AvgIpc) is 2.75. The molecule has 4 heteroatoms. The van der Waals surface area contributed by atoms with E-state index in [1.165, 1.54) is 31.5 Å². The van der Waals surface area contributed by atoms with Crippen LogP contribution in [0.15, 0.2) is 12.4 Å². The van der Waals surface area contributed by atoms with E-state index in [0.717, 1.165) is 19.6 Å². The molecule has 16 heavy (non-hydrogen) atoms. The molecule has 1 aliphatic carbocycles. The van der Waals surface area contributed by atoms with Crippen LogP contribution in [0, 0.1) is 0 Å². The Morgan fingerprint density at radius 1 is 1.31 bits per heavy atom. The van der Waals surface area contributed by atoms with Gasteiger partial charge < -0.3 is 10.3 Å². The van der Waals surface area contributed by atoms with Crippen LogP contribution in [-0.2, 0) is 13.1 Å². The van der Waals surface area contributed by atoms with Gasteiger partial charge in [-0.05, 0) is 19.3 Å². The molecule has 2 unspecified atom stereocenters. The van der Waals surface area contributed by atoms with E-state index in [1.807, 2.05) is 6.20 Å². The molecular formula is C12H20N4. The summed E-state index contributed by atoms with van der Waals surface area (Å²) in [6.07, 6.45) is 8.97. The molecule has 1 aliphatic heterocycles. The normalized spacial score (nSPS) is 31.3. The van der Waals surface area contributed by atoms with Gasteiger partial charge in [0.05, 0.1) is 6.54 Å². The Labute approximate surface area is 96.4 Å². The van der Waals surface area contributed by atoms with Crippen molar-refractivity contribution in [2.75, 3.05) is 6.54 Å². The van der Waals surface area contributed by atoms with Gasteiger partial charge in [0, 0.05) is 37.6 Å². The summed E-state index contributed by atoms with van der Waals surface area (Å²) in [6, 6.07) is 1.11. The first-order valence-corrected chi connectivity index (χ1v) is 6.32. The number of fused-ring (bicyclic) bond motifs is 1. The zero-order valence-corrected chi connectivity index (χ0v) is 9.68. The summed E-state index contributed by atoms with van der Waals surface area (Å²) in [7, 11) is 0. The van der Waals surface area contributed by atoms with Crippen molar-refractivity contribution < 1.29 is 0 Å². The van der Waals surface area contributed by atoms with Crippen molar-refractivity contribution in [3.8, 4) is 0 Å². The minimum absolute atomic E-state index is 0.417. The second-order valence-electron chi connectivity index (χ2n) is 5.09. The van der Waals surface area contributed by atoms with Crippen LogP contribution in [0.3, 0.4) is 0 Å². The zero-order valence-electron chi connectivity index (χ0n) is 9.68. The first-order chi connectivity index (χ1) is 7.83. The third-order valence-electron chi connectivity index (χ3n) is 3.98. The standard InChI is InChI=1S/C12H20N4/c13-10-2-1-3-11(8-10)16-7-6-15-5-4-14-12(15)9-16/h4-5,10-11H,1-3,6-9,13H2. The lowest BCUT2D eigenvalue weighted by Crippen LogP contribution is -2.45. The van der Waals surface area contributed by atoms with E-state index < -0.39 is 0 Å². The molecule has 0 saturated heterocycles. The van der Waals surface area contributed by atoms with Crippen molar-refractivity contribution in [2.24, 2.45) is 5.73 Å². The molecule has 1 saturated carbocycles. The number of hydrogen-bond donors (Lipinski definition) is 1. The number of nitrogens with two attached hydrogens (primary N) is 1. The monoisotopic (exact) mass is 220 g/mol. The summed E-state index contributed by atoms with van der Waals surface area (Å²) < 4.78 is 2.26. The highest BCUT2D eigenvalue weighted by atomic mass is 15.3. The Morgan fingerprint density at radius 3 is 3.12 bits per heavy atom. The van der Waals surface area contributed by atoms with Gasteiger partial charge in [-0.3, -0.25) is 4.90 Å². The molecule has 0 spiro atoms. The smallest absolute Gasteiger partial charge is 0.122 e. The molecule has 1 aromatic heterocycles. The number of imidazole rings is 1. The van der Waals surface area contributed by atoms with E-state index in [9.17, 15) is 0 Å². The van der Waals surface area contributed by atoms with Crippen LogP contribution in [0.1, 0.15) is 31.5 Å². The van der Waals surface area contributed by atoms with Gasteiger partial charge >= 0.3 is 0 Å². The highest BCUT2D eigenvalue weighted by Gasteiger charge is 2.27. The highest BCUT2D eigenvalue weighted by molar-refractivity contribution is 4.97. The summed E-state index contributed by atoms with van der Waals surface area (Å²) >= 11 is 0. The molecule has 88 valence electrons. The van der Waals surface area contributed by atoms with Gasteiger partial charge in [0.2, 0.25) is 0 Å². The topological polar surface area (TPSA) is 47.1 Å². The Morgan fingerprint density at radius 2 is 2.25 bits per heavy atom. The van der Waals surface area contributed by atoms with Crippen LogP contribution >= 0.6 is 0 Å². The molecule has 2 atom stereocenters. The van der Waals surface area contributed by atoms with Crippen molar-refractivity contribution in [3.05, 3.63) is 18.2 Å². The van der Waals surface area contributed by atoms with Gasteiger partial charge in [0.25, 0.3) is 0 Å². The fourth-order valence-electron chi connectivity index (χ4n) is 3.04. The molecule has 1 aromatic rings. The average molecular weight is 220 g/mol. The Balaban J connectivity index is 1.68. The lowest BCUT2D eigenvalue weighted by atomic mass is 9.90. The highest BCUT2D eigenvalue weighted by Crippen LogP contribution is 2.24. The molecule has 2 heterocycles. The lowest BCUT2D eigenvalue weighted by molar-refractivity contribution is 0.114. The molecule has 0 radical (unpaired) electrons. The van der Waals surface area contributed by atoms with Gasteiger partial charge in [0.1, 0.15) is 5.82 Å². The molecule has 3 rings (SSSR count). The molecule has 0 bridgehead atoms. The van der Waals surface area contributed by atoms with Crippen LogP contribution in [-0.4, -0.2) is 33.1 Å². The predicted molar refractivity (Wildman–Crippen MR) is 62.9 cm³/mol. The third kappa shape index (κ3) is 1.87. The minimum atomic E-state index is 0.417. The molecule has 2 aliphatic rings. The quantitative estimate of drug-likeness (QED) is 0.767. The predicted octanol–water partition coefficient (Wildman–Crippen LogP) is 0.969. The Bertz CT molecular complexity index is 360. The fourth-order valence-corrected chi connectivity index (χ4v) is 3.04. The maximum atomic E-state index is 6.06. The molecule has 4 nitrogen and oxygen atoms in total. The van der Waals surface area contributed by atoms with Crippen LogP contribution in [0.5, 0.6) is 0 Å². The SMILES string of the molecule is NC1CCCC(N2CCn3ccnc3C2)C1. The second kappa shape index (κ2) is 4.18. The molecule has 0 amide bonds. The molecule has 0 aromatic carbocycles. The third-order valence-corrected chi connectivity index (χ3v) is 3.98. The largest absolute Gasteiger partial charge is 0.333 e. The van der Waals surface area contributed by atoms with Crippen molar-refractivity contribution in [1.29, 1.82) is 0 Å². The van der Waals surface area contributed by atoms with E-state index >= 15 is 0 Å². The summed E-state index contributed by atoms with van der Waals surface area (Å²) in [5, 5.41) is 0. The van der Waals surface area contributed by atoms with Crippen molar-refractivity contribution >= 4 is 0 Å².